The van der Waals surface area contributed by atoms with Crippen molar-refractivity contribution < 1.29 is 4.79 Å². The molecule has 0 N–H and O–H groups in total. The van der Waals surface area contributed by atoms with E-state index in [1.165, 1.54) is 41.6 Å². The molecule has 0 aromatic carbocycles. The highest BCUT2D eigenvalue weighted by Crippen LogP contribution is 2.39. The van der Waals surface area contributed by atoms with Gasteiger partial charge >= 0.3 is 0 Å². The molecule has 1 atom stereocenters. The summed E-state index contributed by atoms with van der Waals surface area (Å²) in [4.78, 5) is 12.7. The molecule has 1 aliphatic rings. The Morgan fingerprint density at radius 1 is 0.767 bits per heavy atom. The van der Waals surface area contributed by atoms with E-state index in [1.807, 2.05) is 0 Å². The van der Waals surface area contributed by atoms with Crippen molar-refractivity contribution in [1.82, 2.24) is 0 Å². The summed E-state index contributed by atoms with van der Waals surface area (Å²) < 4.78 is 0. The van der Waals surface area contributed by atoms with E-state index in [0.717, 1.165) is 64.2 Å². The van der Waals surface area contributed by atoms with E-state index >= 15 is 0 Å². The molecule has 0 radical (unpaired) electrons. The van der Waals surface area contributed by atoms with Gasteiger partial charge in [0.15, 0.2) is 0 Å². The zero-order valence-electron chi connectivity index (χ0n) is 20.9. The molecule has 170 valence electrons. The predicted octanol–water partition coefficient (Wildman–Crippen LogP) is 9.45. The van der Waals surface area contributed by atoms with Crippen LogP contribution < -0.4 is 0 Å². The van der Waals surface area contributed by atoms with Crippen LogP contribution in [0.5, 0.6) is 0 Å². The Morgan fingerprint density at radius 2 is 1.30 bits per heavy atom. The molecule has 0 saturated heterocycles. The molecule has 1 fully saturated rings. The number of ketones is 1. The smallest absolute Gasteiger partial charge is 0.139 e. The van der Waals surface area contributed by atoms with Gasteiger partial charge in [0.2, 0.25) is 0 Å². The number of carbonyl (C=O) groups excluding carboxylic acids is 1. The van der Waals surface area contributed by atoms with Gasteiger partial charge in [0.25, 0.3) is 0 Å². The van der Waals surface area contributed by atoms with Crippen molar-refractivity contribution in [2.24, 2.45) is 5.41 Å². The van der Waals surface area contributed by atoms with E-state index in [2.05, 4.69) is 65.8 Å². The second-order valence-electron chi connectivity index (χ2n) is 9.87. The van der Waals surface area contributed by atoms with Gasteiger partial charge in [-0.3, -0.25) is 4.79 Å². The Morgan fingerprint density at radius 3 is 1.83 bits per heavy atom. The van der Waals surface area contributed by atoms with Crippen LogP contribution in [0.25, 0.3) is 0 Å². The molecule has 0 bridgehead atoms. The largest absolute Gasteiger partial charge is 0.299 e. The van der Waals surface area contributed by atoms with E-state index in [-0.39, 0.29) is 5.41 Å². The summed E-state index contributed by atoms with van der Waals surface area (Å²) in [5, 5.41) is 0. The van der Waals surface area contributed by atoms with Crippen molar-refractivity contribution in [2.45, 2.75) is 125 Å². The highest BCUT2D eigenvalue weighted by Gasteiger charge is 2.35. The molecule has 0 heterocycles. The van der Waals surface area contributed by atoms with Crippen LogP contribution in [0.15, 0.2) is 46.6 Å². The van der Waals surface area contributed by atoms with Crippen LogP contribution in [0, 0.1) is 5.41 Å². The third-order valence-corrected chi connectivity index (χ3v) is 6.82. The number of rotatable bonds is 12. The van der Waals surface area contributed by atoms with Gasteiger partial charge in [0, 0.05) is 11.8 Å². The summed E-state index contributed by atoms with van der Waals surface area (Å²) in [6, 6.07) is 0. The summed E-state index contributed by atoms with van der Waals surface area (Å²) in [5.74, 6) is 0.520. The number of hydrogen-bond acceptors (Lipinski definition) is 1. The van der Waals surface area contributed by atoms with E-state index in [9.17, 15) is 4.79 Å². The highest BCUT2D eigenvalue weighted by molar-refractivity contribution is 5.85. The van der Waals surface area contributed by atoms with E-state index in [1.54, 1.807) is 0 Å². The summed E-state index contributed by atoms with van der Waals surface area (Å²) in [6.07, 6.45) is 23.8. The van der Waals surface area contributed by atoms with Crippen molar-refractivity contribution in [3.8, 4) is 0 Å². The third-order valence-electron chi connectivity index (χ3n) is 6.82. The van der Waals surface area contributed by atoms with Crippen LogP contribution in [0.1, 0.15) is 125 Å². The van der Waals surface area contributed by atoms with Crippen LogP contribution >= 0.6 is 0 Å². The molecule has 1 saturated carbocycles. The van der Waals surface area contributed by atoms with Gasteiger partial charge in [-0.05, 0) is 98.8 Å². The van der Waals surface area contributed by atoms with Crippen LogP contribution in [-0.4, -0.2) is 5.78 Å². The molecule has 30 heavy (non-hydrogen) atoms. The van der Waals surface area contributed by atoms with Gasteiger partial charge in [-0.1, -0.05) is 66.4 Å². The summed E-state index contributed by atoms with van der Waals surface area (Å²) in [7, 11) is 0. The fourth-order valence-corrected chi connectivity index (χ4v) is 4.42. The monoisotopic (exact) mass is 412 g/mol. The first-order chi connectivity index (χ1) is 14.3. The number of Topliss-reactive ketones (excluding diaryl/α,β-unsaturated/α-hetero) is 1. The number of carbonyl (C=O) groups is 1. The predicted molar refractivity (Wildman–Crippen MR) is 134 cm³/mol. The zero-order valence-corrected chi connectivity index (χ0v) is 20.9. The molecule has 0 spiro atoms. The molecule has 1 heteroatoms. The van der Waals surface area contributed by atoms with E-state index in [4.69, 9.17) is 0 Å². The molecule has 1 nitrogen and oxygen atoms in total. The van der Waals surface area contributed by atoms with E-state index in [0.29, 0.717) is 5.78 Å². The topological polar surface area (TPSA) is 17.1 Å². The van der Waals surface area contributed by atoms with Gasteiger partial charge in [0.05, 0.1) is 0 Å². The van der Waals surface area contributed by atoms with Crippen LogP contribution in [-0.2, 0) is 4.79 Å². The molecule has 0 aromatic rings. The first-order valence-electron chi connectivity index (χ1n) is 12.4. The van der Waals surface area contributed by atoms with Gasteiger partial charge in [-0.25, -0.2) is 0 Å². The van der Waals surface area contributed by atoms with E-state index < -0.39 is 0 Å². The Bertz CT molecular complexity index is 639. The van der Waals surface area contributed by atoms with Gasteiger partial charge in [0.1, 0.15) is 5.78 Å². The first-order valence-corrected chi connectivity index (χ1v) is 12.4. The maximum Gasteiger partial charge on any atom is 0.139 e. The number of hydrogen-bond donors (Lipinski definition) is 0. The molecule has 1 unspecified atom stereocenters. The summed E-state index contributed by atoms with van der Waals surface area (Å²) >= 11 is 0. The van der Waals surface area contributed by atoms with Crippen molar-refractivity contribution in [3.63, 3.8) is 0 Å². The molecular weight excluding hydrogens is 364 g/mol. The highest BCUT2D eigenvalue weighted by atomic mass is 16.1. The lowest BCUT2D eigenvalue weighted by Gasteiger charge is -2.29. The van der Waals surface area contributed by atoms with Gasteiger partial charge < -0.3 is 0 Å². The number of allylic oxidation sites excluding steroid dienone is 8. The molecule has 0 aliphatic heterocycles. The van der Waals surface area contributed by atoms with Crippen LogP contribution in [0.2, 0.25) is 0 Å². The second-order valence-corrected chi connectivity index (χ2v) is 9.87. The quantitative estimate of drug-likeness (QED) is 0.230. The normalized spacial score (nSPS) is 21.5. The van der Waals surface area contributed by atoms with Crippen molar-refractivity contribution >= 4 is 5.78 Å². The van der Waals surface area contributed by atoms with Crippen molar-refractivity contribution in [3.05, 3.63) is 46.6 Å². The minimum Gasteiger partial charge on any atom is -0.299 e. The minimum absolute atomic E-state index is 0.0701. The lowest BCUT2D eigenvalue weighted by atomic mass is 9.74. The second kappa shape index (κ2) is 14.6. The summed E-state index contributed by atoms with van der Waals surface area (Å²) in [5.41, 5.74) is 5.80. The maximum absolute atomic E-state index is 12.7. The average molecular weight is 413 g/mol. The Kier molecular flexibility index (Phi) is 13.0. The Balaban J connectivity index is 2.40. The van der Waals surface area contributed by atoms with Crippen LogP contribution in [0.4, 0.5) is 0 Å². The standard InChI is InChI=1S/C29H48O/c1-7-29(22-10-8-9-20-28(29)30)23-21-27(6)19-13-18-26(5)17-12-16-25(4)15-11-14-24(2)3/h14,16,18,21H,7-13,15,17,19-20,22-23H2,1-6H3/b25-16+,26-18+,27-21+. The maximum atomic E-state index is 12.7. The van der Waals surface area contributed by atoms with Crippen LogP contribution in [0.3, 0.4) is 0 Å². The fourth-order valence-electron chi connectivity index (χ4n) is 4.42. The summed E-state index contributed by atoms with van der Waals surface area (Å²) in [6.45, 7) is 13.3. The molecule has 0 amide bonds. The molecule has 0 aromatic heterocycles. The molecule has 1 rings (SSSR count). The van der Waals surface area contributed by atoms with Gasteiger partial charge in [-0.15, -0.1) is 0 Å². The lowest BCUT2D eigenvalue weighted by molar-refractivity contribution is -0.128. The third kappa shape index (κ3) is 10.6. The minimum atomic E-state index is -0.0701. The van der Waals surface area contributed by atoms with Crippen molar-refractivity contribution in [2.75, 3.05) is 0 Å². The first kappa shape index (κ1) is 26.7. The molecule has 1 aliphatic carbocycles. The van der Waals surface area contributed by atoms with Gasteiger partial charge in [-0.2, -0.15) is 0 Å². The fraction of sp³-hybridized carbons (Fsp3) is 0.690. The Hall–Kier alpha value is -1.37. The lowest BCUT2D eigenvalue weighted by Crippen LogP contribution is -2.28. The SMILES string of the molecule is CCC1(C/C=C(\C)CC/C=C(\C)CC/C=C(\C)CCC=C(C)C)CCCCCC1=O. The zero-order chi connectivity index (χ0) is 22.4. The Labute approximate surface area is 187 Å². The molecular formula is C29H48O. The van der Waals surface area contributed by atoms with Crippen molar-refractivity contribution in [1.29, 1.82) is 0 Å². The average Bonchev–Trinajstić information content (AvgIpc) is 2.88.